The van der Waals surface area contributed by atoms with Gasteiger partial charge in [-0.15, -0.1) is 0 Å². The number of carboxylic acids is 1. The minimum atomic E-state index is -1.30. The lowest BCUT2D eigenvalue weighted by Gasteiger charge is -2.32. The molecule has 0 radical (unpaired) electrons. The van der Waals surface area contributed by atoms with Crippen LogP contribution in [0.3, 0.4) is 0 Å². The van der Waals surface area contributed by atoms with Crippen molar-refractivity contribution < 1.29 is 19.1 Å². The first kappa shape index (κ1) is 17.2. The Morgan fingerprint density at radius 3 is 2.77 bits per heavy atom. The molecule has 118 valence electrons. The molecule has 0 N–H and O–H groups in total. The highest BCUT2D eigenvalue weighted by Gasteiger charge is 2.39. The second-order valence-electron chi connectivity index (χ2n) is 4.84. The van der Waals surface area contributed by atoms with Gasteiger partial charge in [-0.2, -0.15) is 0 Å². The Labute approximate surface area is 145 Å². The number of rotatable bonds is 5. The summed E-state index contributed by atoms with van der Waals surface area (Å²) in [4.78, 5) is 25.4. The Morgan fingerprint density at radius 1 is 1.59 bits per heavy atom. The van der Waals surface area contributed by atoms with Gasteiger partial charge < -0.3 is 14.3 Å². The lowest BCUT2D eigenvalue weighted by molar-refractivity contribution is -0.311. The minimum absolute atomic E-state index is 0.219. The fourth-order valence-electron chi connectivity index (χ4n) is 2.07. The molecule has 0 unspecified atom stereocenters. The Bertz CT molecular complexity index is 655. The fourth-order valence-corrected chi connectivity index (χ4v) is 3.70. The molecule has 1 aliphatic heterocycles. The van der Waals surface area contributed by atoms with Crippen LogP contribution in [0.1, 0.15) is 26.0 Å². The molecule has 2 heterocycles. The van der Waals surface area contributed by atoms with E-state index in [9.17, 15) is 14.7 Å². The first-order valence-electron chi connectivity index (χ1n) is 6.58. The summed E-state index contributed by atoms with van der Waals surface area (Å²) in [6.45, 7) is 3.61. The predicted molar refractivity (Wildman–Crippen MR) is 89.7 cm³/mol. The molecule has 0 aromatic carbocycles. The van der Waals surface area contributed by atoms with Crippen molar-refractivity contribution in [2.75, 3.05) is 0 Å². The van der Waals surface area contributed by atoms with Crippen LogP contribution in [0.25, 0.3) is 6.08 Å². The molecule has 8 heteroatoms. The molecule has 2 atom stereocenters. The van der Waals surface area contributed by atoms with Crippen LogP contribution in [-0.4, -0.2) is 27.1 Å². The molecule has 1 aromatic heterocycles. The van der Waals surface area contributed by atoms with Crippen molar-refractivity contribution in [1.82, 2.24) is 4.90 Å². The molecule has 5 nitrogen and oxygen atoms in total. The summed E-state index contributed by atoms with van der Waals surface area (Å²) in [6.07, 6.45) is 2.15. The van der Waals surface area contributed by atoms with E-state index in [-0.39, 0.29) is 10.2 Å². The summed E-state index contributed by atoms with van der Waals surface area (Å²) >= 11 is 9.42. The average Bonchev–Trinajstić information content (AvgIpc) is 2.97. The van der Waals surface area contributed by atoms with Gasteiger partial charge in [0.15, 0.2) is 4.67 Å². The number of hydrogen-bond acceptors (Lipinski definition) is 6. The van der Waals surface area contributed by atoms with E-state index < -0.39 is 17.9 Å². The Hall–Kier alpha value is -1.12. The van der Waals surface area contributed by atoms with Gasteiger partial charge in [-0.1, -0.05) is 44.2 Å². The van der Waals surface area contributed by atoms with Gasteiger partial charge in [0.25, 0.3) is 5.91 Å². The van der Waals surface area contributed by atoms with Crippen molar-refractivity contribution in [3.8, 4) is 0 Å². The van der Waals surface area contributed by atoms with Crippen LogP contribution < -0.4 is 5.11 Å². The molecule has 22 heavy (non-hydrogen) atoms. The number of thioether (sulfide) groups is 1. The zero-order valence-electron chi connectivity index (χ0n) is 11.9. The third-order valence-electron chi connectivity index (χ3n) is 3.39. The normalized spacial score (nSPS) is 19.8. The van der Waals surface area contributed by atoms with E-state index in [2.05, 4.69) is 15.9 Å². The number of amides is 1. The summed E-state index contributed by atoms with van der Waals surface area (Å²) in [5.74, 6) is -1.50. The number of carbonyl (C=O) groups excluding carboxylic acids is 2. The first-order valence-corrected chi connectivity index (χ1v) is 8.60. The third kappa shape index (κ3) is 3.44. The summed E-state index contributed by atoms with van der Waals surface area (Å²) in [6, 6.07) is 2.34. The molecule has 1 saturated heterocycles. The van der Waals surface area contributed by atoms with Crippen molar-refractivity contribution >= 4 is 62.2 Å². The number of hydrogen-bond donors (Lipinski definition) is 0. The van der Waals surface area contributed by atoms with Crippen LogP contribution in [0.15, 0.2) is 26.1 Å². The van der Waals surface area contributed by atoms with Crippen molar-refractivity contribution in [3.05, 3.63) is 27.5 Å². The standard InChI is InChI=1S/C14H14BrNO4S2/c1-3-7(2)11(13(18)19)16-12(17)9(22-14(16)21)6-8-4-5-10(15)20-8/h4-7,11H,3H2,1-2H3,(H,18,19)/p-1/b9-6+/t7-,11-/m1/s1. The minimum Gasteiger partial charge on any atom is -0.548 e. The van der Waals surface area contributed by atoms with E-state index in [4.69, 9.17) is 16.6 Å². The molecule has 0 saturated carbocycles. The molecule has 1 fully saturated rings. The van der Waals surface area contributed by atoms with Crippen molar-refractivity contribution in [2.45, 2.75) is 26.3 Å². The van der Waals surface area contributed by atoms with Gasteiger partial charge in [0.1, 0.15) is 10.1 Å². The van der Waals surface area contributed by atoms with Crippen LogP contribution >= 0.6 is 39.9 Å². The largest absolute Gasteiger partial charge is 0.548 e. The maximum absolute atomic E-state index is 12.5. The maximum atomic E-state index is 12.5. The van der Waals surface area contributed by atoms with E-state index in [1.807, 2.05) is 6.92 Å². The van der Waals surface area contributed by atoms with E-state index in [1.54, 1.807) is 25.1 Å². The average molecular weight is 403 g/mol. The Balaban J connectivity index is 2.32. The van der Waals surface area contributed by atoms with Gasteiger partial charge in [0.05, 0.1) is 16.9 Å². The van der Waals surface area contributed by atoms with E-state index in [1.165, 1.54) is 0 Å². The number of nitrogens with zero attached hydrogens (tertiary/aromatic N) is 1. The summed E-state index contributed by atoms with van der Waals surface area (Å²) in [7, 11) is 0. The quantitative estimate of drug-likeness (QED) is 0.555. The van der Waals surface area contributed by atoms with E-state index in [0.29, 0.717) is 21.8 Å². The summed E-state index contributed by atoms with van der Waals surface area (Å²) < 4.78 is 6.09. The number of carboxylic acid groups (broad SMARTS) is 1. The van der Waals surface area contributed by atoms with Crippen LogP contribution in [0.5, 0.6) is 0 Å². The summed E-state index contributed by atoms with van der Waals surface area (Å²) in [5.41, 5.74) is 0. The second-order valence-corrected chi connectivity index (χ2v) is 7.30. The highest BCUT2D eigenvalue weighted by atomic mass is 79.9. The number of aliphatic carboxylic acids is 1. The highest BCUT2D eigenvalue weighted by Crippen LogP contribution is 2.36. The van der Waals surface area contributed by atoms with Gasteiger partial charge >= 0.3 is 0 Å². The van der Waals surface area contributed by atoms with Gasteiger partial charge in [0, 0.05) is 6.08 Å². The predicted octanol–water partition coefficient (Wildman–Crippen LogP) is 2.41. The smallest absolute Gasteiger partial charge is 0.266 e. The lowest BCUT2D eigenvalue weighted by atomic mass is 9.98. The summed E-state index contributed by atoms with van der Waals surface area (Å²) in [5, 5.41) is 11.4. The molecule has 1 aromatic rings. The zero-order chi connectivity index (χ0) is 16.4. The third-order valence-corrected chi connectivity index (χ3v) is 5.15. The Morgan fingerprint density at radius 2 is 2.27 bits per heavy atom. The van der Waals surface area contributed by atoms with Gasteiger partial charge in [0.2, 0.25) is 0 Å². The van der Waals surface area contributed by atoms with Crippen molar-refractivity contribution in [3.63, 3.8) is 0 Å². The Kier molecular flexibility index (Phi) is 5.46. The second kappa shape index (κ2) is 6.97. The van der Waals surface area contributed by atoms with Crippen LogP contribution in [0.2, 0.25) is 0 Å². The van der Waals surface area contributed by atoms with E-state index >= 15 is 0 Å². The molecule has 0 bridgehead atoms. The molecule has 2 rings (SSSR count). The zero-order valence-corrected chi connectivity index (χ0v) is 15.1. The molecular weight excluding hydrogens is 390 g/mol. The molecule has 0 spiro atoms. The monoisotopic (exact) mass is 402 g/mol. The SMILES string of the molecule is CC[C@@H](C)[C@H](C(=O)[O-])N1C(=O)/C(=C\c2ccc(Br)o2)SC1=S. The number of furan rings is 1. The molecule has 1 aliphatic rings. The lowest BCUT2D eigenvalue weighted by Crippen LogP contribution is -2.53. The first-order chi connectivity index (χ1) is 10.3. The van der Waals surface area contributed by atoms with E-state index in [0.717, 1.165) is 16.7 Å². The van der Waals surface area contributed by atoms with Gasteiger partial charge in [-0.25, -0.2) is 0 Å². The van der Waals surface area contributed by atoms with Gasteiger partial charge in [-0.3, -0.25) is 9.69 Å². The molecule has 1 amide bonds. The molecule has 0 aliphatic carbocycles. The van der Waals surface area contributed by atoms with Gasteiger partial charge in [-0.05, 0) is 34.0 Å². The maximum Gasteiger partial charge on any atom is 0.266 e. The van der Waals surface area contributed by atoms with Crippen LogP contribution in [0.4, 0.5) is 0 Å². The van der Waals surface area contributed by atoms with Crippen molar-refractivity contribution in [2.24, 2.45) is 5.92 Å². The number of carbonyl (C=O) groups is 2. The highest BCUT2D eigenvalue weighted by molar-refractivity contribution is 9.10. The van der Waals surface area contributed by atoms with Crippen LogP contribution in [0, 0.1) is 5.92 Å². The number of thiocarbonyl (C=S) groups is 1. The van der Waals surface area contributed by atoms with Crippen LogP contribution in [-0.2, 0) is 9.59 Å². The number of halogens is 1. The van der Waals surface area contributed by atoms with Crippen molar-refractivity contribution in [1.29, 1.82) is 0 Å². The topological polar surface area (TPSA) is 73.6 Å². The fraction of sp³-hybridized carbons (Fsp3) is 0.357. The molecular formula is C14H13BrNO4S2-.